The molecule has 0 bridgehead atoms. The van der Waals surface area contributed by atoms with Crippen molar-refractivity contribution >= 4 is 11.6 Å². The van der Waals surface area contributed by atoms with Crippen LogP contribution < -0.4 is 5.32 Å². The fourth-order valence-electron chi connectivity index (χ4n) is 1.97. The van der Waals surface area contributed by atoms with E-state index in [2.05, 4.69) is 15.5 Å². The maximum Gasteiger partial charge on any atom is 0.255 e. The number of para-hydroxylation sites is 1. The van der Waals surface area contributed by atoms with Gasteiger partial charge in [-0.15, -0.1) is 0 Å². The van der Waals surface area contributed by atoms with Gasteiger partial charge in [-0.25, -0.2) is 4.39 Å². The quantitative estimate of drug-likeness (QED) is 0.804. The molecule has 0 spiro atoms. The Morgan fingerprint density at radius 1 is 1.18 bits per heavy atom. The van der Waals surface area contributed by atoms with E-state index >= 15 is 0 Å². The first-order valence-corrected chi connectivity index (χ1v) is 6.60. The molecule has 5 nitrogen and oxygen atoms in total. The minimum atomic E-state index is -0.485. The number of nitrogens with zero attached hydrogens (tertiary/aromatic N) is 2. The second-order valence-corrected chi connectivity index (χ2v) is 4.65. The Hall–Kier alpha value is -3.02. The molecule has 1 amide bonds. The van der Waals surface area contributed by atoms with Crippen LogP contribution in [-0.2, 0) is 0 Å². The number of carbonyl (C=O) groups is 1. The van der Waals surface area contributed by atoms with Crippen LogP contribution >= 0.6 is 0 Å². The predicted octanol–water partition coefficient (Wildman–Crippen LogP) is 3.44. The molecule has 6 heteroatoms. The average molecular weight is 297 g/mol. The van der Waals surface area contributed by atoms with Gasteiger partial charge < -0.3 is 9.84 Å². The summed E-state index contributed by atoms with van der Waals surface area (Å²) in [6.07, 6.45) is 0. The van der Waals surface area contributed by atoms with Crippen molar-refractivity contribution in [3.05, 3.63) is 65.8 Å². The fourth-order valence-corrected chi connectivity index (χ4v) is 1.97. The van der Waals surface area contributed by atoms with Gasteiger partial charge in [-0.05, 0) is 24.3 Å². The van der Waals surface area contributed by atoms with Gasteiger partial charge in [-0.3, -0.25) is 4.79 Å². The summed E-state index contributed by atoms with van der Waals surface area (Å²) in [5.74, 6) is -0.0535. The number of rotatable bonds is 3. The third-order valence-electron chi connectivity index (χ3n) is 3.03. The van der Waals surface area contributed by atoms with E-state index in [0.29, 0.717) is 22.8 Å². The highest BCUT2D eigenvalue weighted by Gasteiger charge is 2.12. The van der Waals surface area contributed by atoms with Crippen LogP contribution in [0.4, 0.5) is 10.1 Å². The molecule has 1 aromatic heterocycles. The summed E-state index contributed by atoms with van der Waals surface area (Å²) in [7, 11) is 0. The van der Waals surface area contributed by atoms with Crippen LogP contribution in [0, 0.1) is 12.7 Å². The van der Waals surface area contributed by atoms with E-state index in [9.17, 15) is 9.18 Å². The molecule has 0 atom stereocenters. The molecule has 3 aromatic rings. The molecule has 0 unspecified atom stereocenters. The van der Waals surface area contributed by atoms with Crippen LogP contribution in [0.25, 0.3) is 11.4 Å². The summed E-state index contributed by atoms with van der Waals surface area (Å²) in [5, 5.41) is 6.34. The van der Waals surface area contributed by atoms with Gasteiger partial charge in [-0.2, -0.15) is 4.98 Å². The Balaban J connectivity index is 1.86. The maximum absolute atomic E-state index is 13.6. The lowest BCUT2D eigenvalue weighted by Crippen LogP contribution is -2.13. The average Bonchev–Trinajstić information content (AvgIpc) is 2.96. The summed E-state index contributed by atoms with van der Waals surface area (Å²) in [4.78, 5) is 16.3. The zero-order chi connectivity index (χ0) is 15.5. The van der Waals surface area contributed by atoms with Crippen molar-refractivity contribution in [2.45, 2.75) is 6.92 Å². The van der Waals surface area contributed by atoms with E-state index in [1.807, 2.05) is 0 Å². The van der Waals surface area contributed by atoms with E-state index in [-0.39, 0.29) is 5.69 Å². The van der Waals surface area contributed by atoms with Crippen molar-refractivity contribution in [3.63, 3.8) is 0 Å². The van der Waals surface area contributed by atoms with Gasteiger partial charge in [0.15, 0.2) is 0 Å². The summed E-state index contributed by atoms with van der Waals surface area (Å²) in [6, 6.07) is 12.7. The first kappa shape index (κ1) is 13.9. The Labute approximate surface area is 125 Å². The van der Waals surface area contributed by atoms with Gasteiger partial charge >= 0.3 is 0 Å². The van der Waals surface area contributed by atoms with E-state index in [1.54, 1.807) is 43.3 Å². The molecule has 1 N–H and O–H groups in total. The number of benzene rings is 2. The third kappa shape index (κ3) is 2.85. The molecule has 0 saturated heterocycles. The molecular weight excluding hydrogens is 285 g/mol. The second kappa shape index (κ2) is 5.77. The molecule has 3 rings (SSSR count). The van der Waals surface area contributed by atoms with E-state index in [1.165, 1.54) is 12.1 Å². The second-order valence-electron chi connectivity index (χ2n) is 4.65. The number of hydrogen-bond donors (Lipinski definition) is 1. The smallest absolute Gasteiger partial charge is 0.255 e. The van der Waals surface area contributed by atoms with E-state index in [0.717, 1.165) is 0 Å². The minimum Gasteiger partial charge on any atom is -0.339 e. The van der Waals surface area contributed by atoms with Crippen LogP contribution in [0.15, 0.2) is 53.1 Å². The third-order valence-corrected chi connectivity index (χ3v) is 3.03. The Morgan fingerprint density at radius 2 is 2.00 bits per heavy atom. The van der Waals surface area contributed by atoms with Gasteiger partial charge in [0.1, 0.15) is 5.82 Å². The lowest BCUT2D eigenvalue weighted by molar-refractivity contribution is 0.102. The summed E-state index contributed by atoms with van der Waals surface area (Å²) < 4.78 is 18.5. The Morgan fingerprint density at radius 3 is 2.73 bits per heavy atom. The Bertz CT molecular complexity index is 830. The first-order valence-electron chi connectivity index (χ1n) is 6.60. The van der Waals surface area contributed by atoms with Crippen molar-refractivity contribution in [2.24, 2.45) is 0 Å². The number of hydrogen-bond acceptors (Lipinski definition) is 4. The zero-order valence-corrected chi connectivity index (χ0v) is 11.7. The summed E-state index contributed by atoms with van der Waals surface area (Å²) in [5.41, 5.74) is 1.16. The number of aryl methyl sites for hydroxylation is 1. The van der Waals surface area contributed by atoms with Crippen molar-refractivity contribution in [2.75, 3.05) is 5.32 Å². The highest BCUT2D eigenvalue weighted by atomic mass is 19.1. The van der Waals surface area contributed by atoms with Gasteiger partial charge in [0.25, 0.3) is 5.91 Å². The van der Waals surface area contributed by atoms with E-state index < -0.39 is 11.7 Å². The SMILES string of the molecule is Cc1nc(-c2cccc(C(=O)Nc3ccccc3F)c2)no1. The number of amides is 1. The number of nitrogens with one attached hydrogen (secondary N) is 1. The van der Waals surface area contributed by atoms with Crippen molar-refractivity contribution < 1.29 is 13.7 Å². The zero-order valence-electron chi connectivity index (χ0n) is 11.7. The fraction of sp³-hybridized carbons (Fsp3) is 0.0625. The normalized spacial score (nSPS) is 10.5. The first-order chi connectivity index (χ1) is 10.6. The van der Waals surface area contributed by atoms with Crippen LogP contribution in [0.3, 0.4) is 0 Å². The van der Waals surface area contributed by atoms with Crippen molar-refractivity contribution in [3.8, 4) is 11.4 Å². The number of halogens is 1. The minimum absolute atomic E-state index is 0.133. The van der Waals surface area contributed by atoms with Gasteiger partial charge in [-0.1, -0.05) is 29.4 Å². The van der Waals surface area contributed by atoms with Crippen LogP contribution in [-0.4, -0.2) is 16.0 Å². The standard InChI is InChI=1S/C16H12FN3O2/c1-10-18-15(20-22-10)11-5-4-6-12(9-11)16(21)19-14-8-3-2-7-13(14)17/h2-9H,1H3,(H,19,21). The number of carbonyl (C=O) groups excluding carboxylic acids is 1. The monoisotopic (exact) mass is 297 g/mol. The van der Waals surface area contributed by atoms with Gasteiger partial charge in [0.2, 0.25) is 11.7 Å². The van der Waals surface area contributed by atoms with Crippen molar-refractivity contribution in [1.82, 2.24) is 10.1 Å². The maximum atomic E-state index is 13.6. The molecule has 0 fully saturated rings. The summed E-state index contributed by atoms with van der Waals surface area (Å²) in [6.45, 7) is 1.69. The topological polar surface area (TPSA) is 68.0 Å². The predicted molar refractivity (Wildman–Crippen MR) is 78.8 cm³/mol. The summed E-state index contributed by atoms with van der Waals surface area (Å²) >= 11 is 0. The van der Waals surface area contributed by atoms with Crippen LogP contribution in [0.1, 0.15) is 16.2 Å². The molecule has 1 heterocycles. The molecule has 0 radical (unpaired) electrons. The largest absolute Gasteiger partial charge is 0.339 e. The molecule has 110 valence electrons. The van der Waals surface area contributed by atoms with E-state index in [4.69, 9.17) is 4.52 Å². The number of anilines is 1. The Kier molecular flexibility index (Phi) is 3.65. The number of aromatic nitrogens is 2. The molecule has 0 aliphatic carbocycles. The molecular formula is C16H12FN3O2. The molecule has 0 aliphatic heterocycles. The lowest BCUT2D eigenvalue weighted by atomic mass is 10.1. The highest BCUT2D eigenvalue weighted by Crippen LogP contribution is 2.19. The molecule has 22 heavy (non-hydrogen) atoms. The molecule has 2 aromatic carbocycles. The van der Waals surface area contributed by atoms with Gasteiger partial charge in [0.05, 0.1) is 5.69 Å². The lowest BCUT2D eigenvalue weighted by Gasteiger charge is -2.06. The van der Waals surface area contributed by atoms with Gasteiger partial charge in [0, 0.05) is 18.1 Å². The van der Waals surface area contributed by atoms with Crippen LogP contribution in [0.2, 0.25) is 0 Å². The highest BCUT2D eigenvalue weighted by molar-refractivity contribution is 6.04. The molecule has 0 aliphatic rings. The van der Waals surface area contributed by atoms with Crippen LogP contribution in [0.5, 0.6) is 0 Å². The van der Waals surface area contributed by atoms with Crippen molar-refractivity contribution in [1.29, 1.82) is 0 Å². The molecule has 0 saturated carbocycles.